The van der Waals surface area contributed by atoms with Crippen molar-refractivity contribution in [2.75, 3.05) is 5.32 Å². The van der Waals surface area contributed by atoms with Crippen LogP contribution in [0.3, 0.4) is 0 Å². The molecule has 1 aliphatic rings. The molecule has 1 unspecified atom stereocenters. The van der Waals surface area contributed by atoms with E-state index in [1.807, 2.05) is 19.1 Å². The molecule has 104 valence electrons. The van der Waals surface area contributed by atoms with Crippen LogP contribution in [0, 0.1) is 6.92 Å². The quantitative estimate of drug-likeness (QED) is 0.887. The fourth-order valence-corrected chi connectivity index (χ4v) is 3.78. The lowest BCUT2D eigenvalue weighted by atomic mass is 9.93. The smallest absolute Gasteiger partial charge is 0.337 e. The second kappa shape index (κ2) is 5.29. The predicted octanol–water partition coefficient (Wildman–Crippen LogP) is 4.24. The summed E-state index contributed by atoms with van der Waals surface area (Å²) in [5, 5.41) is 14.9. The van der Waals surface area contributed by atoms with E-state index in [4.69, 9.17) is 0 Å². The first-order chi connectivity index (χ1) is 9.65. The van der Waals surface area contributed by atoms with Crippen molar-refractivity contribution >= 4 is 23.0 Å². The third-order valence-corrected chi connectivity index (χ3v) is 4.78. The second-order valence-corrected chi connectivity index (χ2v) is 6.24. The number of nitrogens with one attached hydrogen (secondary N) is 1. The molecule has 1 atom stereocenters. The third kappa shape index (κ3) is 2.43. The average Bonchev–Trinajstić information content (AvgIpc) is 2.88. The van der Waals surface area contributed by atoms with Crippen LogP contribution < -0.4 is 5.32 Å². The molecule has 3 rings (SSSR count). The van der Waals surface area contributed by atoms with Crippen molar-refractivity contribution in [2.24, 2.45) is 0 Å². The summed E-state index contributed by atoms with van der Waals surface area (Å²) in [6, 6.07) is 7.82. The number of hydrogen-bond donors (Lipinski definition) is 2. The van der Waals surface area contributed by atoms with Crippen LogP contribution in [0.2, 0.25) is 0 Å². The highest BCUT2D eigenvalue weighted by atomic mass is 32.1. The molecular formula is C16H17NO2S. The number of anilines is 1. The first-order valence-corrected chi connectivity index (χ1v) is 7.70. The number of thiophene rings is 1. The summed E-state index contributed by atoms with van der Waals surface area (Å²) in [4.78, 5) is 12.8. The van der Waals surface area contributed by atoms with Gasteiger partial charge in [0.15, 0.2) is 0 Å². The molecule has 2 N–H and O–H groups in total. The van der Waals surface area contributed by atoms with Crippen LogP contribution in [0.1, 0.15) is 45.2 Å². The molecule has 4 heteroatoms. The van der Waals surface area contributed by atoms with Gasteiger partial charge in [0.05, 0.1) is 11.6 Å². The number of carboxylic acid groups (broad SMARTS) is 1. The van der Waals surface area contributed by atoms with Gasteiger partial charge in [-0.2, -0.15) is 0 Å². The van der Waals surface area contributed by atoms with Gasteiger partial charge in [-0.25, -0.2) is 4.79 Å². The average molecular weight is 287 g/mol. The highest BCUT2D eigenvalue weighted by Crippen LogP contribution is 2.36. The lowest BCUT2D eigenvalue weighted by Gasteiger charge is -2.25. The molecule has 0 spiro atoms. The molecule has 1 heterocycles. The number of fused-ring (bicyclic) bond motifs is 1. The molecule has 3 nitrogen and oxygen atoms in total. The molecule has 0 radical (unpaired) electrons. The Balaban J connectivity index is 1.93. The van der Waals surface area contributed by atoms with Crippen LogP contribution in [0.5, 0.6) is 0 Å². The van der Waals surface area contributed by atoms with Gasteiger partial charge in [-0.3, -0.25) is 0 Å². The summed E-state index contributed by atoms with van der Waals surface area (Å²) < 4.78 is 0. The zero-order chi connectivity index (χ0) is 14.1. The molecule has 2 aromatic rings. The van der Waals surface area contributed by atoms with E-state index in [1.165, 1.54) is 10.4 Å². The Labute approximate surface area is 122 Å². The summed E-state index contributed by atoms with van der Waals surface area (Å²) in [5.74, 6) is -0.881. The number of hydrogen-bond acceptors (Lipinski definition) is 3. The van der Waals surface area contributed by atoms with Gasteiger partial charge >= 0.3 is 5.97 Å². The van der Waals surface area contributed by atoms with Gasteiger partial charge < -0.3 is 10.4 Å². The van der Waals surface area contributed by atoms with Gasteiger partial charge in [-0.15, -0.1) is 11.3 Å². The van der Waals surface area contributed by atoms with E-state index in [1.54, 1.807) is 17.4 Å². The van der Waals surface area contributed by atoms with Crippen molar-refractivity contribution < 1.29 is 9.90 Å². The van der Waals surface area contributed by atoms with Crippen molar-refractivity contribution in [3.05, 3.63) is 51.2 Å². The minimum absolute atomic E-state index is 0.227. The standard InChI is InChI=1S/C16H17NO2S/c1-10-5-6-12(16(18)19)14(9-10)17-13-3-2-4-15-11(13)7-8-20-15/h5-9,13,17H,2-4H2,1H3,(H,18,19). The molecule has 1 aromatic carbocycles. The van der Waals surface area contributed by atoms with Gasteiger partial charge in [-0.05, 0) is 60.9 Å². The van der Waals surface area contributed by atoms with E-state index in [0.29, 0.717) is 5.56 Å². The minimum atomic E-state index is -0.881. The van der Waals surface area contributed by atoms with Gasteiger partial charge in [0, 0.05) is 10.6 Å². The maximum atomic E-state index is 11.3. The number of aromatic carboxylic acids is 1. The molecular weight excluding hydrogens is 270 g/mol. The molecule has 0 aliphatic heterocycles. The fourth-order valence-electron chi connectivity index (χ4n) is 2.79. The molecule has 0 saturated carbocycles. The first kappa shape index (κ1) is 13.2. The van der Waals surface area contributed by atoms with Crippen LogP contribution in [0.25, 0.3) is 0 Å². The second-order valence-electron chi connectivity index (χ2n) is 5.24. The zero-order valence-electron chi connectivity index (χ0n) is 11.3. The van der Waals surface area contributed by atoms with E-state index >= 15 is 0 Å². The first-order valence-electron chi connectivity index (χ1n) is 6.82. The van der Waals surface area contributed by atoms with Crippen LogP contribution in [0.15, 0.2) is 29.6 Å². The van der Waals surface area contributed by atoms with Crippen LogP contribution in [-0.2, 0) is 6.42 Å². The number of rotatable bonds is 3. The van der Waals surface area contributed by atoms with Crippen molar-refractivity contribution in [1.82, 2.24) is 0 Å². The van der Waals surface area contributed by atoms with E-state index in [-0.39, 0.29) is 6.04 Å². The van der Waals surface area contributed by atoms with Crippen LogP contribution >= 0.6 is 11.3 Å². The Kier molecular flexibility index (Phi) is 3.49. The normalized spacial score (nSPS) is 17.6. The summed E-state index contributed by atoms with van der Waals surface area (Å²) in [6.45, 7) is 1.98. The van der Waals surface area contributed by atoms with Gasteiger partial charge in [0.2, 0.25) is 0 Å². The van der Waals surface area contributed by atoms with E-state index in [9.17, 15) is 9.90 Å². The highest BCUT2D eigenvalue weighted by Gasteiger charge is 2.22. The summed E-state index contributed by atoms with van der Waals surface area (Å²) in [7, 11) is 0. The lowest BCUT2D eigenvalue weighted by molar-refractivity contribution is 0.0698. The van der Waals surface area contributed by atoms with Crippen molar-refractivity contribution in [2.45, 2.75) is 32.2 Å². The molecule has 1 aliphatic carbocycles. The van der Waals surface area contributed by atoms with E-state index in [0.717, 1.165) is 30.5 Å². The van der Waals surface area contributed by atoms with E-state index < -0.39 is 5.97 Å². The van der Waals surface area contributed by atoms with Crippen LogP contribution in [0.4, 0.5) is 5.69 Å². The summed E-state index contributed by atoms with van der Waals surface area (Å²) in [5.41, 5.74) is 3.47. The fraction of sp³-hybridized carbons (Fsp3) is 0.312. The molecule has 0 amide bonds. The summed E-state index contributed by atoms with van der Waals surface area (Å²) in [6.07, 6.45) is 3.35. The minimum Gasteiger partial charge on any atom is -0.478 e. The summed E-state index contributed by atoms with van der Waals surface area (Å²) >= 11 is 1.80. The largest absolute Gasteiger partial charge is 0.478 e. The number of carboxylic acids is 1. The Morgan fingerprint density at radius 2 is 2.25 bits per heavy atom. The van der Waals surface area contributed by atoms with Crippen LogP contribution in [-0.4, -0.2) is 11.1 Å². The van der Waals surface area contributed by atoms with Crippen molar-refractivity contribution in [3.8, 4) is 0 Å². The Morgan fingerprint density at radius 3 is 3.05 bits per heavy atom. The van der Waals surface area contributed by atoms with Gasteiger partial charge in [0.25, 0.3) is 0 Å². The monoisotopic (exact) mass is 287 g/mol. The lowest BCUT2D eigenvalue weighted by Crippen LogP contribution is -2.17. The van der Waals surface area contributed by atoms with Crippen molar-refractivity contribution in [1.29, 1.82) is 0 Å². The van der Waals surface area contributed by atoms with Gasteiger partial charge in [-0.1, -0.05) is 6.07 Å². The number of aryl methyl sites for hydroxylation is 2. The Hall–Kier alpha value is -1.81. The third-order valence-electron chi connectivity index (χ3n) is 3.79. The molecule has 0 fully saturated rings. The maximum Gasteiger partial charge on any atom is 0.337 e. The Bertz CT molecular complexity index is 648. The number of benzene rings is 1. The molecule has 0 saturated heterocycles. The SMILES string of the molecule is Cc1ccc(C(=O)O)c(NC2CCCc3sccc32)c1. The highest BCUT2D eigenvalue weighted by molar-refractivity contribution is 7.10. The molecule has 20 heavy (non-hydrogen) atoms. The van der Waals surface area contributed by atoms with Gasteiger partial charge in [0.1, 0.15) is 0 Å². The van der Waals surface area contributed by atoms with Crippen molar-refractivity contribution in [3.63, 3.8) is 0 Å². The molecule has 1 aromatic heterocycles. The molecule has 0 bridgehead atoms. The zero-order valence-corrected chi connectivity index (χ0v) is 12.2. The maximum absolute atomic E-state index is 11.3. The van der Waals surface area contributed by atoms with E-state index in [2.05, 4.69) is 16.8 Å². The Morgan fingerprint density at radius 1 is 1.40 bits per heavy atom. The predicted molar refractivity (Wildman–Crippen MR) is 81.8 cm³/mol. The topological polar surface area (TPSA) is 49.3 Å². The number of carbonyl (C=O) groups is 1.